The fourth-order valence-corrected chi connectivity index (χ4v) is 3.53. The summed E-state index contributed by atoms with van der Waals surface area (Å²) in [5, 5.41) is 1.02. The van der Waals surface area contributed by atoms with Crippen LogP contribution in [0.25, 0.3) is 11.0 Å². The van der Waals surface area contributed by atoms with E-state index in [0.29, 0.717) is 11.1 Å². The first kappa shape index (κ1) is 15.0. The van der Waals surface area contributed by atoms with Gasteiger partial charge in [0.25, 0.3) is 0 Å². The molecule has 1 aromatic heterocycles. The number of benzene rings is 2. The van der Waals surface area contributed by atoms with Crippen LogP contribution in [0, 0.1) is 20.8 Å². The van der Waals surface area contributed by atoms with Crippen molar-refractivity contribution in [2.24, 2.45) is 0 Å². The number of hydrogen-bond donors (Lipinski definition) is 0. The van der Waals surface area contributed by atoms with Crippen LogP contribution < -0.4 is 10.4 Å². The van der Waals surface area contributed by atoms with E-state index in [1.54, 1.807) is 0 Å². The molecule has 0 amide bonds. The van der Waals surface area contributed by atoms with E-state index in [1.165, 1.54) is 11.1 Å². The lowest BCUT2D eigenvalue weighted by atomic mass is 9.93. The van der Waals surface area contributed by atoms with Crippen molar-refractivity contribution in [2.45, 2.75) is 39.7 Å². The van der Waals surface area contributed by atoms with Crippen molar-refractivity contribution in [1.29, 1.82) is 0 Å². The van der Waals surface area contributed by atoms with E-state index in [-0.39, 0.29) is 11.7 Å². The van der Waals surface area contributed by atoms with Crippen molar-refractivity contribution in [1.82, 2.24) is 0 Å². The molecule has 24 heavy (non-hydrogen) atoms. The van der Waals surface area contributed by atoms with Gasteiger partial charge in [-0.3, -0.25) is 0 Å². The van der Waals surface area contributed by atoms with Gasteiger partial charge < -0.3 is 9.15 Å². The second-order valence-corrected chi connectivity index (χ2v) is 6.56. The summed E-state index contributed by atoms with van der Waals surface area (Å²) >= 11 is 0. The fraction of sp³-hybridized carbons (Fsp3) is 0.286. The molecular formula is C21H20O3. The highest BCUT2D eigenvalue weighted by atomic mass is 16.5. The van der Waals surface area contributed by atoms with Gasteiger partial charge >= 0.3 is 5.63 Å². The van der Waals surface area contributed by atoms with E-state index < -0.39 is 0 Å². The van der Waals surface area contributed by atoms with Gasteiger partial charge in [0.05, 0.1) is 0 Å². The maximum atomic E-state index is 12.1. The maximum Gasteiger partial charge on any atom is 0.339 e. The molecule has 0 aliphatic carbocycles. The lowest BCUT2D eigenvalue weighted by Gasteiger charge is -2.28. The van der Waals surface area contributed by atoms with E-state index in [0.717, 1.165) is 35.1 Å². The van der Waals surface area contributed by atoms with Gasteiger partial charge in [-0.25, -0.2) is 4.79 Å². The van der Waals surface area contributed by atoms with Crippen LogP contribution in [0.4, 0.5) is 0 Å². The monoisotopic (exact) mass is 320 g/mol. The minimum atomic E-state index is -0.265. The largest absolute Gasteiger partial charge is 0.485 e. The van der Waals surface area contributed by atoms with Crippen LogP contribution in [0.15, 0.2) is 45.6 Å². The molecule has 2 aromatic carbocycles. The van der Waals surface area contributed by atoms with Crippen LogP contribution in [0.1, 0.15) is 40.3 Å². The average molecular weight is 320 g/mol. The van der Waals surface area contributed by atoms with Crippen LogP contribution in [-0.4, -0.2) is 0 Å². The molecule has 1 aliphatic heterocycles. The second-order valence-electron chi connectivity index (χ2n) is 6.56. The normalized spacial score (nSPS) is 16.7. The highest BCUT2D eigenvalue weighted by Gasteiger charge is 2.25. The van der Waals surface area contributed by atoms with Crippen molar-refractivity contribution in [3.8, 4) is 5.75 Å². The molecular weight excluding hydrogens is 300 g/mol. The van der Waals surface area contributed by atoms with Gasteiger partial charge in [-0.2, -0.15) is 0 Å². The number of fused-ring (bicyclic) bond motifs is 2. The zero-order chi connectivity index (χ0) is 16.8. The predicted molar refractivity (Wildman–Crippen MR) is 94.8 cm³/mol. The summed E-state index contributed by atoms with van der Waals surface area (Å²) in [6, 6.07) is 12.4. The smallest absolute Gasteiger partial charge is 0.339 e. The van der Waals surface area contributed by atoms with Crippen LogP contribution in [0.2, 0.25) is 0 Å². The van der Waals surface area contributed by atoms with Crippen molar-refractivity contribution < 1.29 is 9.15 Å². The number of rotatable bonds is 1. The number of aryl methyl sites for hydroxylation is 3. The van der Waals surface area contributed by atoms with E-state index in [1.807, 2.05) is 39.0 Å². The molecule has 0 saturated heterocycles. The number of ether oxygens (including phenoxy) is 1. The summed E-state index contributed by atoms with van der Waals surface area (Å²) in [5.74, 6) is 0.869. The Morgan fingerprint density at radius 2 is 1.75 bits per heavy atom. The highest BCUT2D eigenvalue weighted by molar-refractivity contribution is 5.87. The second kappa shape index (κ2) is 5.52. The third-order valence-electron chi connectivity index (χ3n) is 5.11. The van der Waals surface area contributed by atoms with Crippen LogP contribution >= 0.6 is 0 Å². The molecule has 1 aliphatic rings. The van der Waals surface area contributed by atoms with E-state index in [4.69, 9.17) is 9.15 Å². The third kappa shape index (κ3) is 2.23. The summed E-state index contributed by atoms with van der Waals surface area (Å²) in [7, 11) is 0. The first-order chi connectivity index (χ1) is 11.6. The summed E-state index contributed by atoms with van der Waals surface area (Å²) in [4.78, 5) is 12.1. The van der Waals surface area contributed by atoms with Gasteiger partial charge in [0, 0.05) is 16.5 Å². The molecule has 2 heterocycles. The predicted octanol–water partition coefficient (Wildman–Crippen LogP) is 4.78. The summed E-state index contributed by atoms with van der Waals surface area (Å²) in [5.41, 5.74) is 5.36. The molecule has 1 atom stereocenters. The topological polar surface area (TPSA) is 39.4 Å². The zero-order valence-corrected chi connectivity index (χ0v) is 14.2. The standard InChI is InChI=1S/C21H20O3/c1-12-13(2)21(22)24-20-14(3)19-16(11-17(12)20)9-10-18(23-19)15-7-5-4-6-8-15/h4-8,11,18H,9-10H2,1-3H3/t18-/m0/s1. The van der Waals surface area contributed by atoms with Gasteiger partial charge in [0.1, 0.15) is 17.4 Å². The van der Waals surface area contributed by atoms with Gasteiger partial charge in [-0.05, 0) is 56.4 Å². The third-order valence-corrected chi connectivity index (χ3v) is 5.11. The van der Waals surface area contributed by atoms with Gasteiger partial charge in [0.15, 0.2) is 0 Å². The Balaban J connectivity index is 1.87. The number of hydrogen-bond acceptors (Lipinski definition) is 3. The minimum Gasteiger partial charge on any atom is -0.485 e. The summed E-state index contributed by atoms with van der Waals surface area (Å²) in [6.07, 6.45) is 1.97. The zero-order valence-electron chi connectivity index (χ0n) is 14.2. The molecule has 0 unspecified atom stereocenters. The van der Waals surface area contributed by atoms with Gasteiger partial charge in [0.2, 0.25) is 0 Å². The fourth-order valence-electron chi connectivity index (χ4n) is 3.53. The van der Waals surface area contributed by atoms with E-state index >= 15 is 0 Å². The van der Waals surface area contributed by atoms with Crippen molar-refractivity contribution in [2.75, 3.05) is 0 Å². The SMILES string of the molecule is Cc1c(C)c2cc3c(c(C)c2oc1=O)O[C@H](c1ccccc1)CC3. The Kier molecular flexibility index (Phi) is 3.45. The Morgan fingerprint density at radius 3 is 2.50 bits per heavy atom. The van der Waals surface area contributed by atoms with Crippen LogP contribution in [0.5, 0.6) is 5.75 Å². The lowest BCUT2D eigenvalue weighted by molar-refractivity contribution is 0.175. The Labute approximate surface area is 140 Å². The average Bonchev–Trinajstić information content (AvgIpc) is 2.62. The quantitative estimate of drug-likeness (QED) is 0.605. The molecule has 3 aromatic rings. The van der Waals surface area contributed by atoms with Crippen molar-refractivity contribution in [3.63, 3.8) is 0 Å². The molecule has 0 N–H and O–H groups in total. The molecule has 4 rings (SSSR count). The first-order valence-corrected chi connectivity index (χ1v) is 8.34. The molecule has 0 spiro atoms. The molecule has 0 saturated carbocycles. The Hall–Kier alpha value is -2.55. The van der Waals surface area contributed by atoms with Crippen molar-refractivity contribution >= 4 is 11.0 Å². The maximum absolute atomic E-state index is 12.1. The minimum absolute atomic E-state index is 0.0492. The summed E-state index contributed by atoms with van der Waals surface area (Å²) < 4.78 is 11.9. The van der Waals surface area contributed by atoms with Gasteiger partial charge in [-0.1, -0.05) is 30.3 Å². The molecule has 0 fully saturated rings. The van der Waals surface area contributed by atoms with Crippen LogP contribution in [-0.2, 0) is 6.42 Å². The first-order valence-electron chi connectivity index (χ1n) is 8.34. The van der Waals surface area contributed by atoms with Gasteiger partial charge in [-0.15, -0.1) is 0 Å². The summed E-state index contributed by atoms with van der Waals surface area (Å²) in [6.45, 7) is 5.78. The molecule has 0 radical (unpaired) electrons. The molecule has 3 nitrogen and oxygen atoms in total. The molecule has 3 heteroatoms. The molecule has 122 valence electrons. The van der Waals surface area contributed by atoms with E-state index in [9.17, 15) is 4.79 Å². The lowest BCUT2D eigenvalue weighted by Crippen LogP contribution is -2.17. The molecule has 0 bridgehead atoms. The Morgan fingerprint density at radius 1 is 1.00 bits per heavy atom. The highest BCUT2D eigenvalue weighted by Crippen LogP contribution is 2.41. The van der Waals surface area contributed by atoms with Crippen LogP contribution in [0.3, 0.4) is 0 Å². The Bertz CT molecular complexity index is 984. The van der Waals surface area contributed by atoms with E-state index in [2.05, 4.69) is 18.2 Å². The van der Waals surface area contributed by atoms with Crippen molar-refractivity contribution in [3.05, 3.63) is 74.6 Å².